The Labute approximate surface area is 277 Å². The lowest BCUT2D eigenvalue weighted by molar-refractivity contribution is 0.0261. The minimum Gasteiger partial charge on any atom is -0.497 e. The summed E-state index contributed by atoms with van der Waals surface area (Å²) in [5.41, 5.74) is 2.39. The molecule has 46 heavy (non-hydrogen) atoms. The fourth-order valence-corrected chi connectivity index (χ4v) is 8.71. The van der Waals surface area contributed by atoms with Gasteiger partial charge in [-0.25, -0.2) is 0 Å². The maximum Gasteiger partial charge on any atom is 0.195 e. The van der Waals surface area contributed by atoms with E-state index in [1.54, 1.807) is 18.4 Å². The number of methoxy groups -OCH3 is 1. The zero-order chi connectivity index (χ0) is 31.3. The number of nitrogens with zero attached hydrogens (tertiary/aromatic N) is 2. The van der Waals surface area contributed by atoms with E-state index < -0.39 is 0 Å². The Morgan fingerprint density at radius 2 is 1.48 bits per heavy atom. The minimum absolute atomic E-state index is 0.0100. The number of hydrogen-bond acceptors (Lipinski definition) is 7. The molecule has 3 aliphatic rings. The minimum atomic E-state index is 0.0100. The average molecular weight is 639 g/mol. The number of piperidine rings is 1. The van der Waals surface area contributed by atoms with Crippen molar-refractivity contribution in [3.63, 3.8) is 0 Å². The van der Waals surface area contributed by atoms with Crippen LogP contribution in [-0.2, 0) is 0 Å². The molecule has 1 aliphatic carbocycles. The van der Waals surface area contributed by atoms with Crippen molar-refractivity contribution in [1.82, 2.24) is 9.80 Å². The van der Waals surface area contributed by atoms with Crippen LogP contribution in [0, 0.1) is 0 Å². The second-order valence-corrected chi connectivity index (χ2v) is 14.1. The number of rotatable bonds is 11. The van der Waals surface area contributed by atoms with Gasteiger partial charge in [-0.1, -0.05) is 12.8 Å². The van der Waals surface area contributed by atoms with Crippen molar-refractivity contribution in [2.24, 2.45) is 0 Å². The van der Waals surface area contributed by atoms with E-state index in [9.17, 15) is 4.79 Å². The molecule has 7 rings (SSSR count). The van der Waals surface area contributed by atoms with Crippen LogP contribution < -0.4 is 14.2 Å². The second kappa shape index (κ2) is 14.6. The molecule has 242 valence electrons. The third kappa shape index (κ3) is 6.97. The van der Waals surface area contributed by atoms with Gasteiger partial charge >= 0.3 is 0 Å². The van der Waals surface area contributed by atoms with Crippen LogP contribution >= 0.6 is 11.3 Å². The normalized spacial score (nSPS) is 21.0. The van der Waals surface area contributed by atoms with Crippen molar-refractivity contribution in [1.29, 1.82) is 0 Å². The highest BCUT2D eigenvalue weighted by atomic mass is 32.1. The van der Waals surface area contributed by atoms with Gasteiger partial charge in [-0.2, -0.15) is 0 Å². The van der Waals surface area contributed by atoms with Crippen LogP contribution in [-0.4, -0.2) is 74.2 Å². The first-order valence-electron chi connectivity index (χ1n) is 17.3. The van der Waals surface area contributed by atoms with E-state index in [1.165, 1.54) is 77.5 Å². The van der Waals surface area contributed by atoms with Crippen LogP contribution in [0.15, 0.2) is 66.7 Å². The van der Waals surface area contributed by atoms with Crippen molar-refractivity contribution >= 4 is 27.2 Å². The molecule has 0 radical (unpaired) electrons. The number of ether oxygens (including phenoxy) is 3. The Bertz CT molecular complexity index is 1600. The predicted octanol–water partition coefficient (Wildman–Crippen LogP) is 8.46. The topological polar surface area (TPSA) is 51.2 Å². The molecule has 0 bridgehead atoms. The summed E-state index contributed by atoms with van der Waals surface area (Å²) in [6.45, 7) is 6.37. The largest absolute Gasteiger partial charge is 0.497 e. The second-order valence-electron chi connectivity index (χ2n) is 13.0. The van der Waals surface area contributed by atoms with Crippen molar-refractivity contribution in [2.75, 3.05) is 46.4 Å². The summed E-state index contributed by atoms with van der Waals surface area (Å²) in [7, 11) is 1.67. The summed E-state index contributed by atoms with van der Waals surface area (Å²) < 4.78 is 19.3. The SMILES string of the molecule is COc1ccc2sc(-c3ccc(OCCN4CCCC4)cc3)c(C(=O)c3ccc(O[C@@H]4CCCC[C@H]4N4CCCCC4)cc3)c2c1. The van der Waals surface area contributed by atoms with E-state index in [2.05, 4.69) is 28.0 Å². The number of carbonyl (C=O) groups excluding carboxylic acids is 1. The van der Waals surface area contributed by atoms with Gasteiger partial charge in [0.1, 0.15) is 30.0 Å². The first-order chi connectivity index (χ1) is 22.7. The zero-order valence-corrected chi connectivity index (χ0v) is 27.9. The van der Waals surface area contributed by atoms with Crippen LogP contribution in [0.25, 0.3) is 20.5 Å². The Hall–Kier alpha value is -3.39. The summed E-state index contributed by atoms with van der Waals surface area (Å²) in [5, 5.41) is 0.919. The molecule has 2 saturated heterocycles. The van der Waals surface area contributed by atoms with Crippen molar-refractivity contribution in [3.05, 3.63) is 77.9 Å². The van der Waals surface area contributed by atoms with Crippen LogP contribution in [0.3, 0.4) is 0 Å². The molecule has 0 spiro atoms. The molecule has 3 fully saturated rings. The summed E-state index contributed by atoms with van der Waals surface area (Å²) in [6.07, 6.45) is 11.5. The molecule has 1 aromatic heterocycles. The van der Waals surface area contributed by atoms with Gasteiger partial charge in [0.05, 0.1) is 7.11 Å². The lowest BCUT2D eigenvalue weighted by Gasteiger charge is -2.41. The van der Waals surface area contributed by atoms with E-state index in [0.717, 1.165) is 50.7 Å². The van der Waals surface area contributed by atoms with Gasteiger partial charge in [0.15, 0.2) is 5.78 Å². The maximum atomic E-state index is 14.3. The van der Waals surface area contributed by atoms with Gasteiger partial charge in [0.2, 0.25) is 0 Å². The van der Waals surface area contributed by atoms with E-state index >= 15 is 0 Å². The van der Waals surface area contributed by atoms with Gasteiger partial charge in [-0.3, -0.25) is 14.6 Å². The van der Waals surface area contributed by atoms with E-state index in [-0.39, 0.29) is 11.9 Å². The van der Waals surface area contributed by atoms with Crippen molar-refractivity contribution < 1.29 is 19.0 Å². The number of benzene rings is 3. The standard InChI is InChI=1S/C39H46N2O4S/c1-43-32-19-20-36-33(27-32)37(39(46-36)29-13-15-30(16-14-29)44-26-25-40-21-7-8-22-40)38(42)28-11-17-31(18-12-28)45-35-10-4-3-9-34(35)41-23-5-2-6-24-41/h11-20,27,34-35H,2-10,21-26H2,1H3/t34-,35-/m1/s1. The zero-order valence-electron chi connectivity index (χ0n) is 27.0. The van der Waals surface area contributed by atoms with Crippen LogP contribution in [0.4, 0.5) is 0 Å². The Balaban J connectivity index is 1.11. The molecule has 0 amide bonds. The quantitative estimate of drug-likeness (QED) is 0.154. The molecule has 2 atom stereocenters. The molecule has 0 N–H and O–H groups in total. The lowest BCUT2D eigenvalue weighted by atomic mass is 9.90. The van der Waals surface area contributed by atoms with Gasteiger partial charge in [-0.05, 0) is 143 Å². The van der Waals surface area contributed by atoms with Gasteiger partial charge < -0.3 is 14.2 Å². The highest BCUT2D eigenvalue weighted by molar-refractivity contribution is 7.22. The van der Waals surface area contributed by atoms with Crippen LogP contribution in [0.5, 0.6) is 17.2 Å². The Morgan fingerprint density at radius 1 is 0.783 bits per heavy atom. The first-order valence-corrected chi connectivity index (χ1v) is 18.1. The predicted molar refractivity (Wildman–Crippen MR) is 187 cm³/mol. The summed E-state index contributed by atoms with van der Waals surface area (Å²) in [5.74, 6) is 2.46. The van der Waals surface area contributed by atoms with Crippen LogP contribution in [0.2, 0.25) is 0 Å². The summed E-state index contributed by atoms with van der Waals surface area (Å²) >= 11 is 1.65. The number of hydrogen-bond donors (Lipinski definition) is 0. The lowest BCUT2D eigenvalue weighted by Crippen LogP contribution is -2.49. The highest BCUT2D eigenvalue weighted by Crippen LogP contribution is 2.42. The number of carbonyl (C=O) groups is 1. The molecule has 6 nitrogen and oxygen atoms in total. The fraction of sp³-hybridized carbons (Fsp3) is 0.462. The molecule has 4 aromatic rings. The molecule has 0 unspecified atom stereocenters. The number of ketones is 1. The van der Waals surface area contributed by atoms with Crippen LogP contribution in [0.1, 0.15) is 73.7 Å². The first kappa shape index (κ1) is 31.2. The third-order valence-corrected chi connectivity index (χ3v) is 11.3. The molecule has 3 aromatic carbocycles. The van der Waals surface area contributed by atoms with Crippen molar-refractivity contribution in [3.8, 4) is 27.7 Å². The monoisotopic (exact) mass is 638 g/mol. The van der Waals surface area contributed by atoms with Gasteiger partial charge in [-0.15, -0.1) is 11.3 Å². The number of likely N-dealkylation sites (tertiary alicyclic amines) is 2. The molecule has 3 heterocycles. The summed E-state index contributed by atoms with van der Waals surface area (Å²) in [6, 6.07) is 22.5. The van der Waals surface area contributed by atoms with Gasteiger partial charge in [0.25, 0.3) is 0 Å². The third-order valence-electron chi connectivity index (χ3n) is 10.0. The summed E-state index contributed by atoms with van der Waals surface area (Å²) in [4.78, 5) is 20.4. The Kier molecular flexibility index (Phi) is 9.89. The maximum absolute atomic E-state index is 14.3. The molecule has 2 aliphatic heterocycles. The smallest absolute Gasteiger partial charge is 0.195 e. The van der Waals surface area contributed by atoms with Gasteiger partial charge in [0, 0.05) is 38.7 Å². The average Bonchev–Trinajstić information content (AvgIpc) is 3.77. The molecule has 7 heteroatoms. The van der Waals surface area contributed by atoms with Crippen molar-refractivity contribution in [2.45, 2.75) is 69.9 Å². The number of thiophene rings is 1. The molecule has 1 saturated carbocycles. The molecular weight excluding hydrogens is 593 g/mol. The number of fused-ring (bicyclic) bond motifs is 1. The van der Waals surface area contributed by atoms with E-state index in [0.29, 0.717) is 23.8 Å². The highest BCUT2D eigenvalue weighted by Gasteiger charge is 2.32. The van der Waals surface area contributed by atoms with E-state index in [1.807, 2.05) is 48.5 Å². The molecular formula is C39H46N2O4S. The van der Waals surface area contributed by atoms with E-state index in [4.69, 9.17) is 14.2 Å². The Morgan fingerprint density at radius 3 is 2.24 bits per heavy atom. The fourth-order valence-electron chi connectivity index (χ4n) is 7.52.